The van der Waals surface area contributed by atoms with Gasteiger partial charge in [-0.25, -0.2) is 0 Å². The highest BCUT2D eigenvalue weighted by atomic mass is 16.5. The number of ether oxygens (including phenoxy) is 1. The Balaban J connectivity index is 1.49. The predicted molar refractivity (Wildman–Crippen MR) is 84.3 cm³/mol. The van der Waals surface area contributed by atoms with Crippen LogP contribution in [0.2, 0.25) is 0 Å². The molecule has 0 bridgehead atoms. The summed E-state index contributed by atoms with van der Waals surface area (Å²) in [5.41, 5.74) is 3.72. The minimum absolute atomic E-state index is 0.146. The van der Waals surface area contributed by atoms with E-state index in [-0.39, 0.29) is 11.9 Å². The lowest BCUT2D eigenvalue weighted by molar-refractivity contribution is -0.119. The van der Waals surface area contributed by atoms with Crippen LogP contribution in [0.15, 0.2) is 22.9 Å². The lowest BCUT2D eigenvalue weighted by atomic mass is 9.77. The molecule has 1 aliphatic carbocycles. The molecular formula is C17H25N3O2. The third-order valence-corrected chi connectivity index (χ3v) is 5.34. The highest BCUT2D eigenvalue weighted by Gasteiger charge is 2.37. The summed E-state index contributed by atoms with van der Waals surface area (Å²) in [5.74, 6) is 0.605. The van der Waals surface area contributed by atoms with E-state index in [0.717, 1.165) is 70.6 Å². The fourth-order valence-electron chi connectivity index (χ4n) is 4.18. The standard InChI is InChI=1S/C17H25N3O2/c21-17-14-2-1-5-18-16(14)13-4-3-12(10-15(13)19-17)11-20-6-8-22-9-7-20/h10,13,15,18H,1-9,11H2,(H,19,21). The van der Waals surface area contributed by atoms with Crippen molar-refractivity contribution in [1.29, 1.82) is 0 Å². The van der Waals surface area contributed by atoms with Gasteiger partial charge >= 0.3 is 0 Å². The van der Waals surface area contributed by atoms with Gasteiger partial charge in [-0.1, -0.05) is 11.6 Å². The second-order valence-corrected chi connectivity index (χ2v) is 6.78. The lowest BCUT2D eigenvalue weighted by Crippen LogP contribution is -2.51. The van der Waals surface area contributed by atoms with Crippen molar-refractivity contribution >= 4 is 5.91 Å². The predicted octanol–water partition coefficient (Wildman–Crippen LogP) is 0.791. The summed E-state index contributed by atoms with van der Waals surface area (Å²) >= 11 is 0. The fourth-order valence-corrected chi connectivity index (χ4v) is 4.18. The number of amides is 1. The van der Waals surface area contributed by atoms with Crippen LogP contribution in [-0.4, -0.2) is 56.2 Å². The van der Waals surface area contributed by atoms with Gasteiger partial charge in [-0.2, -0.15) is 0 Å². The van der Waals surface area contributed by atoms with E-state index in [0.29, 0.717) is 5.92 Å². The molecule has 4 aliphatic rings. The van der Waals surface area contributed by atoms with Crippen LogP contribution >= 0.6 is 0 Å². The van der Waals surface area contributed by atoms with Crippen molar-refractivity contribution in [3.63, 3.8) is 0 Å². The largest absolute Gasteiger partial charge is 0.388 e. The van der Waals surface area contributed by atoms with Gasteiger partial charge in [0.1, 0.15) is 0 Å². The van der Waals surface area contributed by atoms with E-state index in [2.05, 4.69) is 21.6 Å². The van der Waals surface area contributed by atoms with Crippen molar-refractivity contribution < 1.29 is 9.53 Å². The number of carbonyl (C=O) groups is 1. The van der Waals surface area contributed by atoms with E-state index in [9.17, 15) is 4.79 Å². The van der Waals surface area contributed by atoms with Crippen molar-refractivity contribution in [2.45, 2.75) is 31.7 Å². The summed E-state index contributed by atoms with van der Waals surface area (Å²) in [6, 6.07) is 0.182. The maximum absolute atomic E-state index is 12.3. The summed E-state index contributed by atoms with van der Waals surface area (Å²) in [7, 11) is 0. The highest BCUT2D eigenvalue weighted by Crippen LogP contribution is 2.35. The smallest absolute Gasteiger partial charge is 0.249 e. The second-order valence-electron chi connectivity index (χ2n) is 6.78. The van der Waals surface area contributed by atoms with Crippen LogP contribution in [0.4, 0.5) is 0 Å². The quantitative estimate of drug-likeness (QED) is 0.741. The Morgan fingerprint density at radius 2 is 2.14 bits per heavy atom. The molecule has 5 heteroatoms. The first-order valence-corrected chi connectivity index (χ1v) is 8.59. The van der Waals surface area contributed by atoms with Gasteiger partial charge in [0.15, 0.2) is 0 Å². The molecule has 1 saturated heterocycles. The van der Waals surface area contributed by atoms with E-state index >= 15 is 0 Å². The zero-order chi connectivity index (χ0) is 14.9. The summed E-state index contributed by atoms with van der Waals surface area (Å²) < 4.78 is 5.42. The van der Waals surface area contributed by atoms with E-state index in [1.165, 1.54) is 11.3 Å². The maximum Gasteiger partial charge on any atom is 0.249 e. The molecule has 3 heterocycles. The average Bonchev–Trinajstić information content (AvgIpc) is 2.56. The van der Waals surface area contributed by atoms with E-state index < -0.39 is 0 Å². The second kappa shape index (κ2) is 6.05. The molecule has 4 rings (SSSR count). The molecule has 2 atom stereocenters. The van der Waals surface area contributed by atoms with Crippen molar-refractivity contribution in [1.82, 2.24) is 15.5 Å². The van der Waals surface area contributed by atoms with Gasteiger partial charge in [0.05, 0.1) is 19.3 Å². The molecule has 0 aromatic heterocycles. The van der Waals surface area contributed by atoms with Crippen LogP contribution in [0.1, 0.15) is 25.7 Å². The van der Waals surface area contributed by atoms with Gasteiger partial charge in [0.2, 0.25) is 5.91 Å². The topological polar surface area (TPSA) is 53.6 Å². The summed E-state index contributed by atoms with van der Waals surface area (Å²) in [6.45, 7) is 5.78. The van der Waals surface area contributed by atoms with Crippen LogP contribution in [0.5, 0.6) is 0 Å². The first-order valence-electron chi connectivity index (χ1n) is 8.59. The van der Waals surface area contributed by atoms with Crippen LogP contribution < -0.4 is 10.6 Å². The number of fused-ring (bicyclic) bond motifs is 2. The lowest BCUT2D eigenvalue weighted by Gasteiger charge is -2.40. The number of rotatable bonds is 2. The van der Waals surface area contributed by atoms with Crippen molar-refractivity contribution in [3.05, 3.63) is 22.9 Å². The van der Waals surface area contributed by atoms with Crippen molar-refractivity contribution in [2.24, 2.45) is 5.92 Å². The van der Waals surface area contributed by atoms with E-state index in [4.69, 9.17) is 4.74 Å². The highest BCUT2D eigenvalue weighted by molar-refractivity contribution is 5.96. The van der Waals surface area contributed by atoms with Crippen LogP contribution in [0.25, 0.3) is 0 Å². The fraction of sp³-hybridized carbons (Fsp3) is 0.706. The molecule has 3 aliphatic heterocycles. The van der Waals surface area contributed by atoms with Gasteiger partial charge in [-0.3, -0.25) is 9.69 Å². The zero-order valence-electron chi connectivity index (χ0n) is 13.1. The molecule has 2 unspecified atom stereocenters. The SMILES string of the molecule is O=C1NC2C=C(CN3CCOCC3)CCC2C2=C1CCCN2. The number of carbonyl (C=O) groups excluding carboxylic acids is 1. The maximum atomic E-state index is 12.3. The average molecular weight is 303 g/mol. The molecule has 0 aromatic carbocycles. The molecule has 0 spiro atoms. The van der Waals surface area contributed by atoms with Crippen molar-refractivity contribution in [2.75, 3.05) is 39.4 Å². The first-order chi connectivity index (χ1) is 10.8. The molecule has 5 nitrogen and oxygen atoms in total. The number of nitrogens with one attached hydrogen (secondary N) is 2. The van der Waals surface area contributed by atoms with Gasteiger partial charge in [-0.15, -0.1) is 0 Å². The Kier molecular flexibility index (Phi) is 3.92. The summed E-state index contributed by atoms with van der Waals surface area (Å²) in [5, 5.41) is 6.74. The molecule has 1 amide bonds. The Morgan fingerprint density at radius 1 is 1.27 bits per heavy atom. The first kappa shape index (κ1) is 14.3. The minimum Gasteiger partial charge on any atom is -0.388 e. The third-order valence-electron chi connectivity index (χ3n) is 5.34. The van der Waals surface area contributed by atoms with Crippen LogP contribution in [0, 0.1) is 5.92 Å². The Labute approximate surface area is 131 Å². The number of morpholine rings is 1. The van der Waals surface area contributed by atoms with Gasteiger partial charge in [0, 0.05) is 43.4 Å². The van der Waals surface area contributed by atoms with Gasteiger partial charge in [-0.05, 0) is 25.7 Å². The Bertz CT molecular complexity index is 520. The van der Waals surface area contributed by atoms with Crippen molar-refractivity contribution in [3.8, 4) is 0 Å². The Morgan fingerprint density at radius 3 is 3.00 bits per heavy atom. The normalized spacial score (nSPS) is 32.5. The third kappa shape index (κ3) is 2.68. The molecule has 0 aromatic rings. The minimum atomic E-state index is 0.146. The molecule has 120 valence electrons. The zero-order valence-corrected chi connectivity index (χ0v) is 13.1. The van der Waals surface area contributed by atoms with E-state index in [1.807, 2.05) is 0 Å². The summed E-state index contributed by atoms with van der Waals surface area (Å²) in [4.78, 5) is 14.8. The van der Waals surface area contributed by atoms with Gasteiger partial charge < -0.3 is 15.4 Å². The monoisotopic (exact) mass is 303 g/mol. The number of hydrogen-bond donors (Lipinski definition) is 2. The molecule has 2 N–H and O–H groups in total. The molecule has 1 fully saturated rings. The molecular weight excluding hydrogens is 278 g/mol. The number of hydrogen-bond acceptors (Lipinski definition) is 4. The molecule has 0 saturated carbocycles. The summed E-state index contributed by atoms with van der Waals surface area (Å²) in [6.07, 6.45) is 6.62. The van der Waals surface area contributed by atoms with E-state index in [1.54, 1.807) is 0 Å². The Hall–Kier alpha value is -1.33. The van der Waals surface area contributed by atoms with Crippen LogP contribution in [-0.2, 0) is 9.53 Å². The number of nitrogens with zero attached hydrogens (tertiary/aromatic N) is 1. The van der Waals surface area contributed by atoms with Gasteiger partial charge in [0.25, 0.3) is 0 Å². The molecule has 22 heavy (non-hydrogen) atoms. The van der Waals surface area contributed by atoms with Crippen LogP contribution in [0.3, 0.4) is 0 Å². The molecule has 0 radical (unpaired) electrons.